The molecule has 0 atom stereocenters. The van der Waals surface area contributed by atoms with Gasteiger partial charge in [-0.1, -0.05) is 25.0 Å². The van der Waals surface area contributed by atoms with E-state index in [0.717, 1.165) is 18.4 Å². The van der Waals surface area contributed by atoms with Crippen molar-refractivity contribution < 1.29 is 9.18 Å². The largest absolute Gasteiger partial charge is 0.334 e. The zero-order valence-electron chi connectivity index (χ0n) is 12.4. The van der Waals surface area contributed by atoms with Crippen LogP contribution in [0.5, 0.6) is 0 Å². The zero-order valence-corrected chi connectivity index (χ0v) is 12.4. The van der Waals surface area contributed by atoms with Crippen LogP contribution in [0.25, 0.3) is 0 Å². The molecule has 1 N–H and O–H groups in total. The van der Waals surface area contributed by atoms with Crippen LogP contribution in [-0.2, 0) is 11.3 Å². The lowest BCUT2D eigenvalue weighted by Gasteiger charge is -2.24. The monoisotopic (exact) mass is 290 g/mol. The molecule has 3 rings (SSSR count). The van der Waals surface area contributed by atoms with Gasteiger partial charge in [-0.25, -0.2) is 4.39 Å². The molecule has 3 nitrogen and oxygen atoms in total. The Morgan fingerprint density at radius 2 is 1.81 bits per heavy atom. The van der Waals surface area contributed by atoms with E-state index in [1.807, 2.05) is 4.90 Å². The average Bonchev–Trinajstić information content (AvgIpc) is 3.19. The van der Waals surface area contributed by atoms with Gasteiger partial charge < -0.3 is 10.2 Å². The van der Waals surface area contributed by atoms with E-state index in [1.54, 1.807) is 12.1 Å². The Bertz CT molecular complexity index is 478. The molecule has 1 aromatic carbocycles. The van der Waals surface area contributed by atoms with Gasteiger partial charge in [-0.15, -0.1) is 0 Å². The van der Waals surface area contributed by atoms with E-state index < -0.39 is 0 Å². The molecule has 0 bridgehead atoms. The van der Waals surface area contributed by atoms with Gasteiger partial charge in [0, 0.05) is 18.6 Å². The molecule has 0 heterocycles. The van der Waals surface area contributed by atoms with Crippen LogP contribution >= 0.6 is 0 Å². The molecule has 0 spiro atoms. The third-order valence-electron chi connectivity index (χ3n) is 4.47. The lowest BCUT2D eigenvalue weighted by atomic mass is 10.2. The fourth-order valence-electron chi connectivity index (χ4n) is 3.06. The number of amides is 1. The minimum Gasteiger partial charge on any atom is -0.334 e. The highest BCUT2D eigenvalue weighted by Gasteiger charge is 2.32. The Morgan fingerprint density at radius 3 is 2.43 bits per heavy atom. The molecule has 0 radical (unpaired) electrons. The van der Waals surface area contributed by atoms with Crippen LogP contribution < -0.4 is 5.32 Å². The van der Waals surface area contributed by atoms with Crippen molar-refractivity contribution in [3.8, 4) is 0 Å². The number of halogens is 1. The number of carbonyl (C=O) groups excluding carboxylic acids is 1. The SMILES string of the molecule is O=C(CNC1CCCC1)N(Cc1ccc(F)cc1)C1CC1. The summed E-state index contributed by atoms with van der Waals surface area (Å²) in [5, 5.41) is 3.39. The molecule has 0 saturated heterocycles. The second-order valence-electron chi connectivity index (χ2n) is 6.24. The van der Waals surface area contributed by atoms with Crippen molar-refractivity contribution in [3.63, 3.8) is 0 Å². The summed E-state index contributed by atoms with van der Waals surface area (Å²) in [5.41, 5.74) is 0.998. The summed E-state index contributed by atoms with van der Waals surface area (Å²) in [7, 11) is 0. The first-order valence-corrected chi connectivity index (χ1v) is 7.99. The van der Waals surface area contributed by atoms with Crippen LogP contribution in [0.2, 0.25) is 0 Å². The second-order valence-corrected chi connectivity index (χ2v) is 6.24. The molecule has 0 aliphatic heterocycles. The Balaban J connectivity index is 1.55. The molecule has 21 heavy (non-hydrogen) atoms. The molecule has 2 saturated carbocycles. The van der Waals surface area contributed by atoms with E-state index >= 15 is 0 Å². The van der Waals surface area contributed by atoms with Gasteiger partial charge in [0.2, 0.25) is 5.91 Å². The topological polar surface area (TPSA) is 32.3 Å². The van der Waals surface area contributed by atoms with E-state index in [2.05, 4.69) is 5.32 Å². The van der Waals surface area contributed by atoms with Gasteiger partial charge in [0.25, 0.3) is 0 Å². The summed E-state index contributed by atoms with van der Waals surface area (Å²) in [4.78, 5) is 14.4. The van der Waals surface area contributed by atoms with Gasteiger partial charge in [-0.3, -0.25) is 4.79 Å². The van der Waals surface area contributed by atoms with Crippen LogP contribution in [-0.4, -0.2) is 29.4 Å². The Kier molecular flexibility index (Phi) is 4.54. The first-order valence-electron chi connectivity index (χ1n) is 7.99. The first kappa shape index (κ1) is 14.5. The number of benzene rings is 1. The van der Waals surface area contributed by atoms with Crippen molar-refractivity contribution in [2.45, 2.75) is 57.2 Å². The number of hydrogen-bond donors (Lipinski definition) is 1. The molecular formula is C17H23FN2O. The van der Waals surface area contributed by atoms with Crippen LogP contribution in [0.1, 0.15) is 44.1 Å². The predicted octanol–water partition coefficient (Wildman–Crippen LogP) is 2.85. The van der Waals surface area contributed by atoms with Crippen LogP contribution in [0.4, 0.5) is 4.39 Å². The highest BCUT2D eigenvalue weighted by Crippen LogP contribution is 2.28. The van der Waals surface area contributed by atoms with Gasteiger partial charge in [0.05, 0.1) is 6.54 Å². The number of rotatable bonds is 6. The summed E-state index contributed by atoms with van der Waals surface area (Å²) in [5.74, 6) is -0.0559. The number of nitrogens with zero attached hydrogens (tertiary/aromatic N) is 1. The van der Waals surface area contributed by atoms with Crippen molar-refractivity contribution in [1.82, 2.24) is 10.2 Å². The molecule has 1 aromatic rings. The Labute approximate surface area is 125 Å². The van der Waals surface area contributed by atoms with Crippen LogP contribution in [0.15, 0.2) is 24.3 Å². The number of hydrogen-bond acceptors (Lipinski definition) is 2. The summed E-state index contributed by atoms with van der Waals surface area (Å²) < 4.78 is 13.0. The molecule has 114 valence electrons. The molecule has 2 fully saturated rings. The molecule has 2 aliphatic carbocycles. The predicted molar refractivity (Wildman–Crippen MR) is 80.2 cm³/mol. The summed E-state index contributed by atoms with van der Waals surface area (Å²) in [6, 6.07) is 7.35. The first-order chi connectivity index (χ1) is 10.2. The van der Waals surface area contributed by atoms with E-state index in [-0.39, 0.29) is 11.7 Å². The van der Waals surface area contributed by atoms with E-state index in [0.29, 0.717) is 25.2 Å². The average molecular weight is 290 g/mol. The second kappa shape index (κ2) is 6.56. The fraction of sp³-hybridized carbons (Fsp3) is 0.588. The molecule has 1 amide bonds. The number of carbonyl (C=O) groups is 1. The lowest BCUT2D eigenvalue weighted by molar-refractivity contribution is -0.131. The van der Waals surface area contributed by atoms with E-state index in [1.165, 1.54) is 37.8 Å². The van der Waals surface area contributed by atoms with Crippen LogP contribution in [0, 0.1) is 5.82 Å². The zero-order chi connectivity index (χ0) is 14.7. The molecule has 0 aromatic heterocycles. The van der Waals surface area contributed by atoms with Gasteiger partial charge in [0.1, 0.15) is 5.82 Å². The van der Waals surface area contributed by atoms with Gasteiger partial charge in [-0.2, -0.15) is 0 Å². The van der Waals surface area contributed by atoms with Gasteiger partial charge in [0.15, 0.2) is 0 Å². The van der Waals surface area contributed by atoms with Crippen molar-refractivity contribution in [2.24, 2.45) is 0 Å². The minimum absolute atomic E-state index is 0.175. The smallest absolute Gasteiger partial charge is 0.237 e. The molecule has 2 aliphatic rings. The summed E-state index contributed by atoms with van der Waals surface area (Å²) in [6.45, 7) is 1.03. The normalized spacial score (nSPS) is 18.9. The molecule has 0 unspecified atom stereocenters. The Morgan fingerprint density at radius 1 is 1.14 bits per heavy atom. The third-order valence-corrected chi connectivity index (χ3v) is 4.47. The maximum atomic E-state index is 13.0. The highest BCUT2D eigenvalue weighted by atomic mass is 19.1. The standard InChI is InChI=1S/C17H23FN2O/c18-14-7-5-13(6-8-14)12-20(16-9-10-16)17(21)11-19-15-3-1-2-4-15/h5-8,15-16,19H,1-4,9-12H2. The van der Waals surface area contributed by atoms with E-state index in [9.17, 15) is 9.18 Å². The minimum atomic E-state index is -0.231. The van der Waals surface area contributed by atoms with Crippen molar-refractivity contribution in [1.29, 1.82) is 0 Å². The third kappa shape index (κ3) is 4.03. The van der Waals surface area contributed by atoms with Gasteiger partial charge in [-0.05, 0) is 43.4 Å². The molecular weight excluding hydrogens is 267 g/mol. The van der Waals surface area contributed by atoms with E-state index in [4.69, 9.17) is 0 Å². The quantitative estimate of drug-likeness (QED) is 0.874. The summed E-state index contributed by atoms with van der Waals surface area (Å²) in [6.07, 6.45) is 7.11. The van der Waals surface area contributed by atoms with Crippen molar-refractivity contribution in [2.75, 3.05) is 6.54 Å². The van der Waals surface area contributed by atoms with Crippen molar-refractivity contribution >= 4 is 5.91 Å². The molecule has 4 heteroatoms. The maximum Gasteiger partial charge on any atom is 0.237 e. The van der Waals surface area contributed by atoms with Crippen molar-refractivity contribution in [3.05, 3.63) is 35.6 Å². The lowest BCUT2D eigenvalue weighted by Crippen LogP contribution is -2.41. The van der Waals surface area contributed by atoms with Crippen LogP contribution in [0.3, 0.4) is 0 Å². The fourth-order valence-corrected chi connectivity index (χ4v) is 3.06. The van der Waals surface area contributed by atoms with Gasteiger partial charge >= 0.3 is 0 Å². The highest BCUT2D eigenvalue weighted by molar-refractivity contribution is 5.79. The number of nitrogens with one attached hydrogen (secondary N) is 1. The Hall–Kier alpha value is -1.42. The maximum absolute atomic E-state index is 13.0. The summed E-state index contributed by atoms with van der Waals surface area (Å²) >= 11 is 0.